The fraction of sp³-hybridized carbons (Fsp3) is 0.344. The maximum atomic E-state index is 13.5. The lowest BCUT2D eigenvalue weighted by atomic mass is 9.84. The zero-order chi connectivity index (χ0) is 27.6. The summed E-state index contributed by atoms with van der Waals surface area (Å²) in [4.78, 5) is 28.0. The highest BCUT2D eigenvalue weighted by molar-refractivity contribution is 6.05. The van der Waals surface area contributed by atoms with Crippen LogP contribution in [0.5, 0.6) is 0 Å². The number of nitrogens with one attached hydrogen (secondary N) is 4. The van der Waals surface area contributed by atoms with Gasteiger partial charge in [0, 0.05) is 17.7 Å². The third-order valence-electron chi connectivity index (χ3n) is 7.72. The van der Waals surface area contributed by atoms with Gasteiger partial charge in [-0.05, 0) is 79.0 Å². The molecule has 3 aromatic carbocycles. The number of anilines is 1. The summed E-state index contributed by atoms with van der Waals surface area (Å²) >= 11 is 0. The van der Waals surface area contributed by atoms with E-state index in [1.54, 1.807) is 12.1 Å². The lowest BCUT2D eigenvalue weighted by molar-refractivity contribution is -0.118. The summed E-state index contributed by atoms with van der Waals surface area (Å²) in [5.41, 5.74) is 12.8. The summed E-state index contributed by atoms with van der Waals surface area (Å²) in [5.74, 6) is 0.772. The summed E-state index contributed by atoms with van der Waals surface area (Å²) in [6.45, 7) is 0.449. The number of aryl methyl sites for hydroxylation is 1. The predicted octanol–water partition coefficient (Wildman–Crippen LogP) is 5.29. The molecule has 40 heavy (non-hydrogen) atoms. The maximum Gasteiger partial charge on any atom is 0.258 e. The van der Waals surface area contributed by atoms with Crippen molar-refractivity contribution in [2.75, 3.05) is 4.90 Å². The number of amides is 2. The number of carbonyl (C=O) groups excluding carboxylic acids is 2. The Morgan fingerprint density at radius 1 is 0.850 bits per heavy atom. The van der Waals surface area contributed by atoms with Crippen LogP contribution in [0.3, 0.4) is 0 Å². The Hall–Kier alpha value is -4.17. The van der Waals surface area contributed by atoms with Gasteiger partial charge >= 0.3 is 0 Å². The zero-order valence-electron chi connectivity index (χ0n) is 22.9. The molecule has 0 saturated heterocycles. The largest absolute Gasteiger partial charge is 0.308 e. The van der Waals surface area contributed by atoms with Crippen molar-refractivity contribution in [3.63, 3.8) is 0 Å². The number of hydrogen-bond acceptors (Lipinski definition) is 6. The highest BCUT2D eigenvalue weighted by Crippen LogP contribution is 2.33. The van der Waals surface area contributed by atoms with Crippen molar-refractivity contribution in [1.29, 1.82) is 0 Å². The normalized spacial score (nSPS) is 15.1. The second-order valence-electron chi connectivity index (χ2n) is 10.6. The lowest BCUT2D eigenvalue weighted by Crippen LogP contribution is -2.43. The first-order valence-corrected chi connectivity index (χ1v) is 14.3. The van der Waals surface area contributed by atoms with Crippen molar-refractivity contribution in [2.24, 2.45) is 5.10 Å². The molecule has 8 heteroatoms. The molecule has 3 aromatic rings. The van der Waals surface area contributed by atoms with Crippen LogP contribution >= 0.6 is 0 Å². The SMILES string of the molecule is O=C(NC1=NNNN1)c1ccc(CN(C(=O)CCCCc2ccccc2)c2ccc(C3CCCCC3)cc2)cc1. The fourth-order valence-electron chi connectivity index (χ4n) is 5.45. The zero-order valence-corrected chi connectivity index (χ0v) is 22.9. The number of carbonyl (C=O) groups is 2. The molecule has 0 spiro atoms. The smallest absolute Gasteiger partial charge is 0.258 e. The van der Waals surface area contributed by atoms with Crippen LogP contribution in [0.4, 0.5) is 5.69 Å². The van der Waals surface area contributed by atoms with Crippen molar-refractivity contribution >= 4 is 23.5 Å². The van der Waals surface area contributed by atoms with E-state index in [1.807, 2.05) is 23.1 Å². The molecule has 1 fully saturated rings. The van der Waals surface area contributed by atoms with E-state index in [9.17, 15) is 9.59 Å². The van der Waals surface area contributed by atoms with Gasteiger partial charge in [-0.15, -0.1) is 10.6 Å². The molecule has 0 atom stereocenters. The Morgan fingerprint density at radius 3 is 2.30 bits per heavy atom. The van der Waals surface area contributed by atoms with E-state index in [4.69, 9.17) is 0 Å². The molecular formula is C32H38N6O2. The van der Waals surface area contributed by atoms with Gasteiger partial charge < -0.3 is 4.90 Å². The second-order valence-corrected chi connectivity index (χ2v) is 10.6. The van der Waals surface area contributed by atoms with Crippen LogP contribution < -0.4 is 26.7 Å². The van der Waals surface area contributed by atoms with Crippen LogP contribution in [0.15, 0.2) is 84.0 Å². The van der Waals surface area contributed by atoms with Gasteiger partial charge in [0.1, 0.15) is 0 Å². The standard InChI is InChI=1S/C32H38N6O2/c39-30(14-8-7-11-24-9-3-1-4-10-24)38(29-21-19-27(20-22-29)26-12-5-2-6-13-26)23-25-15-17-28(18-16-25)31(40)33-32-34-36-37-35-32/h1,3-4,9-10,15-22,26,36-37H,2,5-8,11-14,23H2,(H2,33,34,35,40). The molecule has 1 aliphatic heterocycles. The van der Waals surface area contributed by atoms with E-state index in [1.165, 1.54) is 43.2 Å². The van der Waals surface area contributed by atoms with Gasteiger partial charge in [-0.25, -0.2) is 5.53 Å². The van der Waals surface area contributed by atoms with Gasteiger partial charge in [0.15, 0.2) is 0 Å². The molecule has 8 nitrogen and oxygen atoms in total. The molecule has 0 unspecified atom stereocenters. The minimum Gasteiger partial charge on any atom is -0.308 e. The van der Waals surface area contributed by atoms with Crippen molar-refractivity contribution in [1.82, 2.24) is 21.8 Å². The summed E-state index contributed by atoms with van der Waals surface area (Å²) in [5, 5.41) is 6.55. The summed E-state index contributed by atoms with van der Waals surface area (Å²) in [6, 6.07) is 26.4. The molecule has 0 aromatic heterocycles. The fourth-order valence-corrected chi connectivity index (χ4v) is 5.45. The molecule has 2 amide bonds. The van der Waals surface area contributed by atoms with E-state index in [-0.39, 0.29) is 11.8 Å². The lowest BCUT2D eigenvalue weighted by Gasteiger charge is -2.25. The molecule has 208 valence electrons. The molecule has 2 aliphatic rings. The molecular weight excluding hydrogens is 500 g/mol. The highest BCUT2D eigenvalue weighted by Gasteiger charge is 2.19. The third-order valence-corrected chi connectivity index (χ3v) is 7.72. The van der Waals surface area contributed by atoms with Gasteiger partial charge in [-0.2, -0.15) is 0 Å². The average molecular weight is 539 g/mol. The Bertz CT molecular complexity index is 1290. The number of guanidine groups is 1. The first kappa shape index (κ1) is 27.4. The monoisotopic (exact) mass is 538 g/mol. The number of hydrazine groups is 2. The number of rotatable bonds is 10. The summed E-state index contributed by atoms with van der Waals surface area (Å²) in [6.07, 6.45) is 9.71. The second kappa shape index (κ2) is 13.8. The quantitative estimate of drug-likeness (QED) is 0.263. The first-order chi connectivity index (χ1) is 19.7. The van der Waals surface area contributed by atoms with E-state index in [0.29, 0.717) is 30.4 Å². The predicted molar refractivity (Wildman–Crippen MR) is 158 cm³/mol. The van der Waals surface area contributed by atoms with Crippen molar-refractivity contribution in [3.05, 3.63) is 101 Å². The van der Waals surface area contributed by atoms with Gasteiger partial charge in [0.05, 0.1) is 6.54 Å². The number of benzene rings is 3. The Labute approximate surface area is 236 Å². The molecule has 1 aliphatic carbocycles. The first-order valence-electron chi connectivity index (χ1n) is 14.3. The molecule has 0 radical (unpaired) electrons. The van der Waals surface area contributed by atoms with Gasteiger partial charge in [-0.3, -0.25) is 20.3 Å². The van der Waals surface area contributed by atoms with Gasteiger partial charge in [0.2, 0.25) is 11.9 Å². The van der Waals surface area contributed by atoms with E-state index in [0.717, 1.165) is 30.5 Å². The van der Waals surface area contributed by atoms with Crippen molar-refractivity contribution in [2.45, 2.75) is 70.3 Å². The van der Waals surface area contributed by atoms with Crippen LogP contribution in [0.2, 0.25) is 0 Å². The Balaban J connectivity index is 1.25. The molecule has 4 N–H and O–H groups in total. The van der Waals surface area contributed by atoms with Gasteiger partial charge in [-0.1, -0.05) is 73.9 Å². The molecule has 0 bridgehead atoms. The maximum absolute atomic E-state index is 13.5. The third kappa shape index (κ3) is 7.48. The Kier molecular flexibility index (Phi) is 9.42. The average Bonchev–Trinajstić information content (AvgIpc) is 3.52. The molecule has 1 saturated carbocycles. The van der Waals surface area contributed by atoms with Crippen molar-refractivity contribution in [3.8, 4) is 0 Å². The van der Waals surface area contributed by atoms with Crippen LogP contribution in [0.1, 0.15) is 84.3 Å². The van der Waals surface area contributed by atoms with E-state index < -0.39 is 0 Å². The topological polar surface area (TPSA) is 97.9 Å². The van der Waals surface area contributed by atoms with E-state index >= 15 is 0 Å². The van der Waals surface area contributed by atoms with Crippen LogP contribution in [-0.2, 0) is 17.8 Å². The highest BCUT2D eigenvalue weighted by atomic mass is 16.2. The van der Waals surface area contributed by atoms with Crippen LogP contribution in [-0.4, -0.2) is 17.8 Å². The molecule has 1 heterocycles. The molecule has 5 rings (SSSR count). The van der Waals surface area contributed by atoms with Crippen LogP contribution in [0.25, 0.3) is 0 Å². The van der Waals surface area contributed by atoms with Crippen LogP contribution in [0, 0.1) is 0 Å². The van der Waals surface area contributed by atoms with E-state index in [2.05, 4.69) is 75.4 Å². The number of nitrogens with zero attached hydrogens (tertiary/aromatic N) is 2. The van der Waals surface area contributed by atoms with Gasteiger partial charge in [0.25, 0.3) is 5.91 Å². The number of unbranched alkanes of at least 4 members (excludes halogenated alkanes) is 1. The summed E-state index contributed by atoms with van der Waals surface area (Å²) in [7, 11) is 0. The minimum absolute atomic E-state index is 0.116. The summed E-state index contributed by atoms with van der Waals surface area (Å²) < 4.78 is 0. The number of hydrogen-bond donors (Lipinski definition) is 4. The number of hydrazone groups is 1. The Morgan fingerprint density at radius 2 is 1.60 bits per heavy atom. The minimum atomic E-state index is -0.270. The van der Waals surface area contributed by atoms with Crippen molar-refractivity contribution < 1.29 is 9.59 Å².